The predicted molar refractivity (Wildman–Crippen MR) is 93.0 cm³/mol. The summed E-state index contributed by atoms with van der Waals surface area (Å²) in [6.45, 7) is 8.28. The zero-order chi connectivity index (χ0) is 19.0. The van der Waals surface area contributed by atoms with Crippen molar-refractivity contribution in [1.29, 1.82) is 0 Å². The second-order valence-corrected chi connectivity index (χ2v) is 6.38. The van der Waals surface area contributed by atoms with Crippen molar-refractivity contribution in [1.82, 2.24) is 24.2 Å². The fourth-order valence-corrected chi connectivity index (χ4v) is 2.64. The van der Waals surface area contributed by atoms with Crippen molar-refractivity contribution >= 4 is 11.7 Å². The van der Waals surface area contributed by atoms with E-state index in [9.17, 15) is 14.4 Å². The highest BCUT2D eigenvalue weighted by atomic mass is 16.2. The molecule has 0 bridgehead atoms. The number of amides is 1. The molecule has 8 nitrogen and oxygen atoms in total. The molecule has 0 radical (unpaired) electrons. The molecule has 1 atom stereocenters. The summed E-state index contributed by atoms with van der Waals surface area (Å²) >= 11 is 0. The molecule has 0 saturated carbocycles. The lowest BCUT2D eigenvalue weighted by atomic mass is 10.1. The monoisotopic (exact) mass is 345 g/mol. The maximum Gasteiger partial charge on any atom is 0.259 e. The first-order valence-electron chi connectivity index (χ1n) is 7.91. The predicted octanol–water partition coefficient (Wildman–Crippen LogP) is 0.881. The Morgan fingerprint density at radius 1 is 1.16 bits per heavy atom. The second-order valence-electron chi connectivity index (χ2n) is 6.38. The third-order valence-corrected chi connectivity index (χ3v) is 4.08. The molecule has 0 unspecified atom stereocenters. The molecule has 134 valence electrons. The average molecular weight is 345 g/mol. The summed E-state index contributed by atoms with van der Waals surface area (Å²) in [6, 6.07) is 0.551. The van der Waals surface area contributed by atoms with Gasteiger partial charge in [0.25, 0.3) is 11.5 Å². The zero-order valence-corrected chi connectivity index (χ0v) is 15.6. The first kappa shape index (κ1) is 18.6. The highest BCUT2D eigenvalue weighted by Gasteiger charge is 2.32. The van der Waals surface area contributed by atoms with Crippen LogP contribution in [-0.4, -0.2) is 50.0 Å². The SMILES string of the molecule is CC(=O)[C@@H](C(=O)N(C)C)n1c(-n2nc(C)cc2C)nc(C)c(C)c1=O. The fraction of sp³-hybridized carbons (Fsp3) is 0.471. The van der Waals surface area contributed by atoms with E-state index in [2.05, 4.69) is 10.1 Å². The van der Waals surface area contributed by atoms with Gasteiger partial charge in [0.2, 0.25) is 5.95 Å². The molecule has 2 heterocycles. The van der Waals surface area contributed by atoms with E-state index in [0.29, 0.717) is 11.3 Å². The molecule has 0 saturated heterocycles. The maximum absolute atomic E-state index is 12.9. The Kier molecular flexibility index (Phi) is 4.92. The normalized spacial score (nSPS) is 12.1. The van der Waals surface area contributed by atoms with Crippen LogP contribution < -0.4 is 5.56 Å². The molecule has 0 aromatic carbocycles. The van der Waals surface area contributed by atoms with Crippen LogP contribution in [-0.2, 0) is 9.59 Å². The van der Waals surface area contributed by atoms with Crippen molar-refractivity contribution in [2.45, 2.75) is 40.7 Å². The van der Waals surface area contributed by atoms with E-state index in [0.717, 1.165) is 16.0 Å². The standard InChI is InChI=1S/C17H23N5O3/c1-9-8-10(2)22(19-9)17-18-12(4)11(3)15(24)21(17)14(13(5)23)16(25)20(6)7/h8,14H,1-7H3/t14-/m0/s1. The molecule has 0 aliphatic rings. The van der Waals surface area contributed by atoms with Crippen molar-refractivity contribution in [3.8, 4) is 5.95 Å². The van der Waals surface area contributed by atoms with Crippen molar-refractivity contribution in [3.05, 3.63) is 39.1 Å². The van der Waals surface area contributed by atoms with Crippen molar-refractivity contribution in [3.63, 3.8) is 0 Å². The van der Waals surface area contributed by atoms with Crippen LogP contribution in [0.1, 0.15) is 35.6 Å². The Labute approximate surface area is 146 Å². The van der Waals surface area contributed by atoms with Gasteiger partial charge in [-0.25, -0.2) is 9.67 Å². The number of aryl methyl sites for hydroxylation is 3. The number of hydrogen-bond donors (Lipinski definition) is 0. The van der Waals surface area contributed by atoms with Crippen molar-refractivity contribution in [2.75, 3.05) is 14.1 Å². The van der Waals surface area contributed by atoms with Gasteiger partial charge in [-0.1, -0.05) is 0 Å². The minimum absolute atomic E-state index is 0.161. The van der Waals surface area contributed by atoms with E-state index in [4.69, 9.17) is 0 Å². The maximum atomic E-state index is 12.9. The van der Waals surface area contributed by atoms with E-state index in [1.807, 2.05) is 19.9 Å². The van der Waals surface area contributed by atoms with Crippen LogP contribution in [0.5, 0.6) is 0 Å². The van der Waals surface area contributed by atoms with Gasteiger partial charge in [-0.15, -0.1) is 0 Å². The van der Waals surface area contributed by atoms with Crippen LogP contribution in [0.3, 0.4) is 0 Å². The molecule has 0 fully saturated rings. The summed E-state index contributed by atoms with van der Waals surface area (Å²) in [5.74, 6) is -0.759. The highest BCUT2D eigenvalue weighted by molar-refractivity contribution is 6.02. The number of carbonyl (C=O) groups is 2. The molecule has 2 aromatic heterocycles. The summed E-state index contributed by atoms with van der Waals surface area (Å²) in [5, 5.41) is 4.36. The minimum Gasteiger partial charge on any atom is -0.347 e. The van der Waals surface area contributed by atoms with Gasteiger partial charge >= 0.3 is 0 Å². The number of carbonyl (C=O) groups excluding carboxylic acids is 2. The van der Waals surface area contributed by atoms with Gasteiger partial charge in [-0.05, 0) is 40.7 Å². The Balaban J connectivity index is 2.90. The number of aromatic nitrogens is 4. The molecule has 25 heavy (non-hydrogen) atoms. The molecule has 2 rings (SSSR count). The molecule has 0 aliphatic carbocycles. The zero-order valence-electron chi connectivity index (χ0n) is 15.6. The number of hydrogen-bond acceptors (Lipinski definition) is 5. The Hall–Kier alpha value is -2.77. The lowest BCUT2D eigenvalue weighted by Crippen LogP contribution is -2.43. The lowest BCUT2D eigenvalue weighted by molar-refractivity contribution is -0.137. The van der Waals surface area contributed by atoms with Crippen molar-refractivity contribution in [2.24, 2.45) is 0 Å². The first-order valence-corrected chi connectivity index (χ1v) is 7.91. The summed E-state index contributed by atoms with van der Waals surface area (Å²) < 4.78 is 2.63. The quantitative estimate of drug-likeness (QED) is 0.767. The van der Waals surface area contributed by atoms with Crippen LogP contribution in [0, 0.1) is 27.7 Å². The van der Waals surface area contributed by atoms with Gasteiger partial charge in [0.15, 0.2) is 11.8 Å². The minimum atomic E-state index is -1.28. The molecule has 1 amide bonds. The smallest absolute Gasteiger partial charge is 0.259 e. The highest BCUT2D eigenvalue weighted by Crippen LogP contribution is 2.17. The van der Waals surface area contributed by atoms with E-state index in [1.54, 1.807) is 27.9 Å². The molecule has 0 spiro atoms. The Bertz CT molecular complexity index is 908. The summed E-state index contributed by atoms with van der Waals surface area (Å²) in [6.07, 6.45) is 0. The summed E-state index contributed by atoms with van der Waals surface area (Å²) in [4.78, 5) is 43.5. The van der Waals surface area contributed by atoms with Gasteiger partial charge in [0.05, 0.1) is 5.69 Å². The van der Waals surface area contributed by atoms with E-state index in [-0.39, 0.29) is 5.95 Å². The first-order chi connectivity index (χ1) is 11.6. The average Bonchev–Trinajstić information content (AvgIpc) is 2.85. The third kappa shape index (κ3) is 3.24. The number of nitrogens with zero attached hydrogens (tertiary/aromatic N) is 5. The van der Waals surface area contributed by atoms with Crippen LogP contribution in [0.2, 0.25) is 0 Å². The lowest BCUT2D eigenvalue weighted by Gasteiger charge is -2.23. The van der Waals surface area contributed by atoms with E-state index < -0.39 is 23.3 Å². The molecule has 8 heteroatoms. The van der Waals surface area contributed by atoms with E-state index in [1.165, 1.54) is 16.5 Å². The third-order valence-electron chi connectivity index (χ3n) is 4.08. The Morgan fingerprint density at radius 2 is 1.76 bits per heavy atom. The molecular weight excluding hydrogens is 322 g/mol. The molecule has 2 aromatic rings. The number of ketones is 1. The van der Waals surface area contributed by atoms with Crippen LogP contribution in [0.15, 0.2) is 10.9 Å². The van der Waals surface area contributed by atoms with Crippen molar-refractivity contribution < 1.29 is 9.59 Å². The summed E-state index contributed by atoms with van der Waals surface area (Å²) in [7, 11) is 3.08. The van der Waals surface area contributed by atoms with Crippen LogP contribution >= 0.6 is 0 Å². The number of Topliss-reactive ketones (excluding diaryl/α,β-unsaturated/α-hetero) is 1. The largest absolute Gasteiger partial charge is 0.347 e. The molecular formula is C17H23N5O3. The molecule has 0 aliphatic heterocycles. The van der Waals surface area contributed by atoms with Gasteiger partial charge in [0, 0.05) is 31.0 Å². The van der Waals surface area contributed by atoms with Gasteiger partial charge in [0.1, 0.15) is 0 Å². The van der Waals surface area contributed by atoms with Gasteiger partial charge in [-0.3, -0.25) is 19.0 Å². The second kappa shape index (κ2) is 6.62. The molecule has 0 N–H and O–H groups in total. The van der Waals surface area contributed by atoms with Crippen LogP contribution in [0.25, 0.3) is 5.95 Å². The summed E-state index contributed by atoms with van der Waals surface area (Å²) in [5.41, 5.74) is 1.99. The van der Waals surface area contributed by atoms with E-state index >= 15 is 0 Å². The van der Waals surface area contributed by atoms with Crippen LogP contribution in [0.4, 0.5) is 0 Å². The van der Waals surface area contributed by atoms with Gasteiger partial charge in [-0.2, -0.15) is 5.10 Å². The number of likely N-dealkylation sites (N-methyl/N-ethyl adjacent to an activating group) is 1. The van der Waals surface area contributed by atoms with Gasteiger partial charge < -0.3 is 4.90 Å². The number of rotatable bonds is 4. The topological polar surface area (TPSA) is 90.1 Å². The fourth-order valence-electron chi connectivity index (χ4n) is 2.64. The Morgan fingerprint density at radius 3 is 2.20 bits per heavy atom.